The van der Waals surface area contributed by atoms with Crippen LogP contribution in [0.2, 0.25) is 0 Å². The number of ether oxygens (including phenoxy) is 1. The summed E-state index contributed by atoms with van der Waals surface area (Å²) in [6.07, 6.45) is 0. The number of hydrogen-bond donors (Lipinski definition) is 1. The number of halogens is 1. The van der Waals surface area contributed by atoms with Gasteiger partial charge >= 0.3 is 0 Å². The molecule has 0 aliphatic heterocycles. The molecule has 1 N–H and O–H groups in total. The fourth-order valence-electron chi connectivity index (χ4n) is 1.69. The average molecular weight is 258 g/mol. The topological polar surface area (TPSA) is 32.7 Å². The van der Waals surface area contributed by atoms with Crippen molar-refractivity contribution in [1.29, 1.82) is 0 Å². The summed E-state index contributed by atoms with van der Waals surface area (Å²) in [5, 5.41) is 8.84. The Hall–Kier alpha value is -0.770. The van der Waals surface area contributed by atoms with Crippen molar-refractivity contribution in [2.24, 2.45) is 0 Å². The number of aliphatic hydroxyl groups is 1. The predicted molar refractivity (Wildman–Crippen MR) is 70.8 cm³/mol. The highest BCUT2D eigenvalue weighted by Crippen LogP contribution is 2.24. The van der Waals surface area contributed by atoms with Gasteiger partial charge in [-0.3, -0.25) is 4.90 Å². The molecule has 0 saturated carbocycles. The fraction of sp³-hybridized carbons (Fsp3) is 0.538. The maximum Gasteiger partial charge on any atom is 0.119 e. The van der Waals surface area contributed by atoms with Crippen LogP contribution in [0, 0.1) is 0 Å². The highest BCUT2D eigenvalue weighted by molar-refractivity contribution is 6.21. The molecule has 0 aliphatic rings. The smallest absolute Gasteiger partial charge is 0.119 e. The molecule has 1 aromatic rings. The molecule has 0 aliphatic carbocycles. The molecule has 1 unspecified atom stereocenters. The zero-order valence-corrected chi connectivity index (χ0v) is 11.2. The number of nitrogens with zero attached hydrogens (tertiary/aromatic N) is 1. The summed E-state index contributed by atoms with van der Waals surface area (Å²) in [6.45, 7) is 4.49. The Morgan fingerprint density at radius 2 is 2.24 bits per heavy atom. The first kappa shape index (κ1) is 14.3. The lowest BCUT2D eigenvalue weighted by molar-refractivity contribution is 0.202. The third-order valence-corrected chi connectivity index (χ3v) is 3.13. The molecule has 4 heteroatoms. The van der Waals surface area contributed by atoms with E-state index in [2.05, 4.69) is 11.8 Å². The molecule has 0 aromatic heterocycles. The van der Waals surface area contributed by atoms with Crippen LogP contribution in [0.1, 0.15) is 17.9 Å². The minimum atomic E-state index is -0.0865. The summed E-state index contributed by atoms with van der Waals surface area (Å²) in [5.41, 5.74) is 1.04. The summed E-state index contributed by atoms with van der Waals surface area (Å²) in [5.74, 6) is 0.818. The van der Waals surface area contributed by atoms with Crippen molar-refractivity contribution in [2.75, 3.05) is 33.4 Å². The zero-order chi connectivity index (χ0) is 12.7. The van der Waals surface area contributed by atoms with Crippen LogP contribution in [0.5, 0.6) is 5.75 Å². The first-order valence-electron chi connectivity index (χ1n) is 5.82. The standard InChI is InChI=1S/C13H20ClNO2/c1-3-15(7-8-16)10-13(14)11-5-4-6-12(9-11)17-2/h4-6,9,13,16H,3,7-8,10H2,1-2H3. The van der Waals surface area contributed by atoms with Crippen LogP contribution in [-0.4, -0.2) is 43.4 Å². The lowest BCUT2D eigenvalue weighted by Gasteiger charge is -2.22. The van der Waals surface area contributed by atoms with Gasteiger partial charge < -0.3 is 9.84 Å². The molecule has 0 saturated heterocycles. The van der Waals surface area contributed by atoms with Crippen molar-refractivity contribution in [3.05, 3.63) is 29.8 Å². The fourth-order valence-corrected chi connectivity index (χ4v) is 2.02. The van der Waals surface area contributed by atoms with Gasteiger partial charge in [0, 0.05) is 13.1 Å². The van der Waals surface area contributed by atoms with Crippen molar-refractivity contribution in [3.63, 3.8) is 0 Å². The van der Waals surface area contributed by atoms with Gasteiger partial charge in [0.15, 0.2) is 0 Å². The molecule has 0 amide bonds. The molecule has 1 atom stereocenters. The summed E-state index contributed by atoms with van der Waals surface area (Å²) in [7, 11) is 1.65. The summed E-state index contributed by atoms with van der Waals surface area (Å²) in [4.78, 5) is 2.12. The van der Waals surface area contributed by atoms with E-state index in [1.807, 2.05) is 24.3 Å². The molecule has 96 valence electrons. The lowest BCUT2D eigenvalue weighted by atomic mass is 10.1. The number of methoxy groups -OCH3 is 1. The number of benzene rings is 1. The van der Waals surface area contributed by atoms with E-state index in [0.717, 1.165) is 24.4 Å². The number of aliphatic hydroxyl groups excluding tert-OH is 1. The van der Waals surface area contributed by atoms with Gasteiger partial charge in [0.2, 0.25) is 0 Å². The Labute approximate surface area is 108 Å². The van der Waals surface area contributed by atoms with Gasteiger partial charge in [-0.15, -0.1) is 11.6 Å². The number of alkyl halides is 1. The third-order valence-electron chi connectivity index (χ3n) is 2.74. The molecule has 0 heterocycles. The lowest BCUT2D eigenvalue weighted by Crippen LogP contribution is -2.29. The van der Waals surface area contributed by atoms with Crippen LogP contribution >= 0.6 is 11.6 Å². The van der Waals surface area contributed by atoms with Crippen LogP contribution in [0.25, 0.3) is 0 Å². The summed E-state index contributed by atoms with van der Waals surface area (Å²) >= 11 is 6.37. The van der Waals surface area contributed by atoms with E-state index in [1.165, 1.54) is 0 Å². The molecule has 0 radical (unpaired) electrons. The second-order valence-electron chi connectivity index (χ2n) is 3.86. The molecule has 0 spiro atoms. The normalized spacial score (nSPS) is 12.8. The summed E-state index contributed by atoms with van der Waals surface area (Å²) in [6, 6.07) is 7.78. The summed E-state index contributed by atoms with van der Waals surface area (Å²) < 4.78 is 5.17. The largest absolute Gasteiger partial charge is 0.497 e. The van der Waals surface area contributed by atoms with Gasteiger partial charge in [0.25, 0.3) is 0 Å². The molecule has 0 bridgehead atoms. The Balaban J connectivity index is 2.64. The highest BCUT2D eigenvalue weighted by atomic mass is 35.5. The number of likely N-dealkylation sites (N-methyl/N-ethyl adjacent to an activating group) is 1. The van der Waals surface area contributed by atoms with Crippen LogP contribution < -0.4 is 4.74 Å². The molecular formula is C13H20ClNO2. The van der Waals surface area contributed by atoms with Gasteiger partial charge in [0.05, 0.1) is 19.1 Å². The Kier molecular flexibility index (Phi) is 6.34. The van der Waals surface area contributed by atoms with E-state index in [-0.39, 0.29) is 12.0 Å². The van der Waals surface area contributed by atoms with E-state index >= 15 is 0 Å². The van der Waals surface area contributed by atoms with Gasteiger partial charge in [-0.2, -0.15) is 0 Å². The molecule has 3 nitrogen and oxygen atoms in total. The van der Waals surface area contributed by atoms with Crippen LogP contribution in [-0.2, 0) is 0 Å². The van der Waals surface area contributed by atoms with Gasteiger partial charge in [-0.05, 0) is 24.2 Å². The third kappa shape index (κ3) is 4.54. The van der Waals surface area contributed by atoms with Gasteiger partial charge in [-0.25, -0.2) is 0 Å². The minimum Gasteiger partial charge on any atom is -0.497 e. The van der Waals surface area contributed by atoms with Crippen molar-refractivity contribution in [1.82, 2.24) is 4.90 Å². The number of rotatable bonds is 7. The average Bonchev–Trinajstić information content (AvgIpc) is 2.38. The van der Waals surface area contributed by atoms with E-state index < -0.39 is 0 Å². The van der Waals surface area contributed by atoms with E-state index in [0.29, 0.717) is 6.54 Å². The Bertz CT molecular complexity index is 333. The SMILES string of the molecule is CCN(CCO)CC(Cl)c1cccc(OC)c1. The second-order valence-corrected chi connectivity index (χ2v) is 4.39. The maximum atomic E-state index is 8.93. The van der Waals surface area contributed by atoms with Crippen molar-refractivity contribution < 1.29 is 9.84 Å². The van der Waals surface area contributed by atoms with Crippen LogP contribution in [0.3, 0.4) is 0 Å². The highest BCUT2D eigenvalue weighted by Gasteiger charge is 2.12. The Morgan fingerprint density at radius 3 is 2.82 bits per heavy atom. The van der Waals surface area contributed by atoms with Crippen molar-refractivity contribution >= 4 is 11.6 Å². The zero-order valence-electron chi connectivity index (χ0n) is 10.4. The monoisotopic (exact) mass is 257 g/mol. The quantitative estimate of drug-likeness (QED) is 0.761. The number of hydrogen-bond acceptors (Lipinski definition) is 3. The maximum absolute atomic E-state index is 8.93. The first-order chi connectivity index (χ1) is 8.21. The van der Waals surface area contributed by atoms with E-state index in [1.54, 1.807) is 7.11 Å². The van der Waals surface area contributed by atoms with Crippen molar-refractivity contribution in [2.45, 2.75) is 12.3 Å². The van der Waals surface area contributed by atoms with Crippen LogP contribution in [0.4, 0.5) is 0 Å². The van der Waals surface area contributed by atoms with Gasteiger partial charge in [0.1, 0.15) is 5.75 Å². The Morgan fingerprint density at radius 1 is 1.47 bits per heavy atom. The molecule has 1 rings (SSSR count). The van der Waals surface area contributed by atoms with Crippen molar-refractivity contribution in [3.8, 4) is 5.75 Å². The molecule has 0 fully saturated rings. The minimum absolute atomic E-state index is 0.0865. The second kappa shape index (κ2) is 7.54. The van der Waals surface area contributed by atoms with Gasteiger partial charge in [-0.1, -0.05) is 19.1 Å². The molecule has 1 aromatic carbocycles. The van der Waals surface area contributed by atoms with E-state index in [9.17, 15) is 0 Å². The van der Waals surface area contributed by atoms with Crippen LogP contribution in [0.15, 0.2) is 24.3 Å². The van der Waals surface area contributed by atoms with E-state index in [4.69, 9.17) is 21.4 Å². The molecular weight excluding hydrogens is 238 g/mol. The predicted octanol–water partition coefficient (Wildman–Crippen LogP) is 2.29. The molecule has 17 heavy (non-hydrogen) atoms. The first-order valence-corrected chi connectivity index (χ1v) is 6.26.